The van der Waals surface area contributed by atoms with Gasteiger partial charge in [0, 0.05) is 6.54 Å². The first kappa shape index (κ1) is 13.4. The molecule has 18 heavy (non-hydrogen) atoms. The van der Waals surface area contributed by atoms with Crippen LogP contribution in [0.15, 0.2) is 17.8 Å². The summed E-state index contributed by atoms with van der Waals surface area (Å²) in [6.07, 6.45) is 7.95. The molecule has 1 saturated carbocycles. The SMILES string of the molecule is C=CCN1C=NN([C@H]2C[C@H](C)CC[C@H]2C(C)C)C1. The van der Waals surface area contributed by atoms with E-state index >= 15 is 0 Å². The summed E-state index contributed by atoms with van der Waals surface area (Å²) in [4.78, 5) is 2.23. The summed E-state index contributed by atoms with van der Waals surface area (Å²) >= 11 is 0. The van der Waals surface area contributed by atoms with Gasteiger partial charge < -0.3 is 4.90 Å². The summed E-state index contributed by atoms with van der Waals surface area (Å²) in [7, 11) is 0. The molecule has 3 nitrogen and oxygen atoms in total. The van der Waals surface area contributed by atoms with Gasteiger partial charge in [0.15, 0.2) is 0 Å². The van der Waals surface area contributed by atoms with Gasteiger partial charge in [-0.2, -0.15) is 5.10 Å². The second kappa shape index (κ2) is 5.77. The van der Waals surface area contributed by atoms with Crippen molar-refractivity contribution in [2.45, 2.75) is 46.1 Å². The van der Waals surface area contributed by atoms with E-state index in [1.54, 1.807) is 0 Å². The Morgan fingerprint density at radius 2 is 2.22 bits per heavy atom. The summed E-state index contributed by atoms with van der Waals surface area (Å²) < 4.78 is 0. The second-order valence-corrected chi connectivity index (χ2v) is 6.27. The Hall–Kier alpha value is -0.990. The van der Waals surface area contributed by atoms with E-state index < -0.39 is 0 Å². The Morgan fingerprint density at radius 1 is 1.44 bits per heavy atom. The predicted molar refractivity (Wildman–Crippen MR) is 77.2 cm³/mol. The van der Waals surface area contributed by atoms with Crippen molar-refractivity contribution in [3.63, 3.8) is 0 Å². The van der Waals surface area contributed by atoms with Gasteiger partial charge in [-0.05, 0) is 30.6 Å². The van der Waals surface area contributed by atoms with Crippen molar-refractivity contribution in [1.29, 1.82) is 0 Å². The number of hydrogen-bond donors (Lipinski definition) is 0. The minimum absolute atomic E-state index is 0.625. The highest BCUT2D eigenvalue weighted by Crippen LogP contribution is 2.37. The van der Waals surface area contributed by atoms with Crippen LogP contribution in [0.5, 0.6) is 0 Å². The Kier molecular flexibility index (Phi) is 4.31. The van der Waals surface area contributed by atoms with Crippen LogP contribution in [0.3, 0.4) is 0 Å². The van der Waals surface area contributed by atoms with Crippen molar-refractivity contribution in [3.8, 4) is 0 Å². The lowest BCUT2D eigenvalue weighted by molar-refractivity contribution is 0.0529. The monoisotopic (exact) mass is 249 g/mol. The largest absolute Gasteiger partial charge is 0.338 e. The molecular formula is C15H27N3. The minimum atomic E-state index is 0.625. The normalized spacial score (nSPS) is 32.3. The van der Waals surface area contributed by atoms with Crippen LogP contribution in [0.1, 0.15) is 40.0 Å². The average Bonchev–Trinajstić information content (AvgIpc) is 2.77. The van der Waals surface area contributed by atoms with E-state index in [9.17, 15) is 0 Å². The molecule has 0 radical (unpaired) electrons. The average molecular weight is 249 g/mol. The summed E-state index contributed by atoms with van der Waals surface area (Å²) in [5.41, 5.74) is 0. The number of rotatable bonds is 4. The van der Waals surface area contributed by atoms with Crippen molar-refractivity contribution < 1.29 is 0 Å². The molecule has 0 bridgehead atoms. The fourth-order valence-corrected chi connectivity index (χ4v) is 3.35. The highest BCUT2D eigenvalue weighted by molar-refractivity contribution is 5.56. The maximum atomic E-state index is 4.61. The smallest absolute Gasteiger partial charge is 0.113 e. The lowest BCUT2D eigenvalue weighted by Crippen LogP contribution is -2.44. The van der Waals surface area contributed by atoms with Gasteiger partial charge in [0.05, 0.1) is 6.04 Å². The zero-order valence-corrected chi connectivity index (χ0v) is 12.0. The van der Waals surface area contributed by atoms with Crippen LogP contribution >= 0.6 is 0 Å². The first-order chi connectivity index (χ1) is 8.61. The van der Waals surface area contributed by atoms with Crippen LogP contribution in [-0.4, -0.2) is 35.5 Å². The molecule has 102 valence electrons. The molecule has 1 aliphatic heterocycles. The summed E-state index contributed by atoms with van der Waals surface area (Å²) in [6, 6.07) is 0.625. The van der Waals surface area contributed by atoms with E-state index in [1.807, 2.05) is 12.4 Å². The molecule has 0 amide bonds. The van der Waals surface area contributed by atoms with Crippen molar-refractivity contribution in [1.82, 2.24) is 9.91 Å². The summed E-state index contributed by atoms with van der Waals surface area (Å²) in [5, 5.41) is 6.92. The third kappa shape index (κ3) is 2.88. The van der Waals surface area contributed by atoms with Gasteiger partial charge in [0.1, 0.15) is 13.0 Å². The first-order valence-corrected chi connectivity index (χ1v) is 7.27. The molecule has 0 unspecified atom stereocenters. The van der Waals surface area contributed by atoms with Crippen molar-refractivity contribution >= 4 is 6.34 Å². The van der Waals surface area contributed by atoms with E-state index in [0.29, 0.717) is 6.04 Å². The van der Waals surface area contributed by atoms with Crippen LogP contribution in [0.2, 0.25) is 0 Å². The molecule has 0 aromatic heterocycles. The molecule has 2 aliphatic rings. The van der Waals surface area contributed by atoms with E-state index in [2.05, 4.69) is 42.4 Å². The van der Waals surface area contributed by atoms with Gasteiger partial charge >= 0.3 is 0 Å². The van der Waals surface area contributed by atoms with Crippen LogP contribution in [0.25, 0.3) is 0 Å². The number of hydrogen-bond acceptors (Lipinski definition) is 3. The number of hydrazone groups is 1. The molecule has 1 heterocycles. The second-order valence-electron chi connectivity index (χ2n) is 6.27. The zero-order chi connectivity index (χ0) is 13.1. The lowest BCUT2D eigenvalue weighted by Gasteiger charge is -2.41. The van der Waals surface area contributed by atoms with Crippen LogP contribution < -0.4 is 0 Å². The fourth-order valence-electron chi connectivity index (χ4n) is 3.35. The van der Waals surface area contributed by atoms with Crippen molar-refractivity contribution in [2.24, 2.45) is 22.9 Å². The first-order valence-electron chi connectivity index (χ1n) is 7.27. The third-order valence-electron chi connectivity index (χ3n) is 4.42. The fraction of sp³-hybridized carbons (Fsp3) is 0.800. The van der Waals surface area contributed by atoms with E-state index in [-0.39, 0.29) is 0 Å². The summed E-state index contributed by atoms with van der Waals surface area (Å²) in [5.74, 6) is 2.39. The maximum Gasteiger partial charge on any atom is 0.113 e. The third-order valence-corrected chi connectivity index (χ3v) is 4.42. The molecule has 3 atom stereocenters. The van der Waals surface area contributed by atoms with E-state index in [1.165, 1.54) is 19.3 Å². The molecule has 0 aromatic rings. The van der Waals surface area contributed by atoms with E-state index in [0.717, 1.165) is 31.0 Å². The van der Waals surface area contributed by atoms with Crippen molar-refractivity contribution in [3.05, 3.63) is 12.7 Å². The molecule has 1 fully saturated rings. The number of nitrogens with zero attached hydrogens (tertiary/aromatic N) is 3. The quantitative estimate of drug-likeness (QED) is 0.713. The van der Waals surface area contributed by atoms with Crippen LogP contribution in [0, 0.1) is 17.8 Å². The Labute approximate surface area is 112 Å². The van der Waals surface area contributed by atoms with Gasteiger partial charge in [0.2, 0.25) is 0 Å². The lowest BCUT2D eigenvalue weighted by atomic mass is 9.74. The summed E-state index contributed by atoms with van der Waals surface area (Å²) in [6.45, 7) is 12.7. The minimum Gasteiger partial charge on any atom is -0.338 e. The van der Waals surface area contributed by atoms with E-state index in [4.69, 9.17) is 0 Å². The standard InChI is InChI=1S/C15H27N3/c1-5-8-17-10-16-18(11-17)15-9-13(4)6-7-14(15)12(2)3/h5,10,12-15H,1,6-9,11H2,2-4H3/t13-,14+,15+/m1/s1. The molecule has 2 rings (SSSR count). The molecule has 0 N–H and O–H groups in total. The Balaban J connectivity index is 2.01. The highest BCUT2D eigenvalue weighted by atomic mass is 15.6. The van der Waals surface area contributed by atoms with Gasteiger partial charge in [0.25, 0.3) is 0 Å². The zero-order valence-electron chi connectivity index (χ0n) is 12.0. The molecule has 0 aromatic carbocycles. The van der Waals surface area contributed by atoms with Crippen LogP contribution in [-0.2, 0) is 0 Å². The van der Waals surface area contributed by atoms with Gasteiger partial charge in [-0.1, -0.05) is 33.3 Å². The maximum absolute atomic E-state index is 4.61. The molecule has 3 heteroatoms. The Bertz CT molecular complexity index is 311. The van der Waals surface area contributed by atoms with Gasteiger partial charge in [-0.15, -0.1) is 6.58 Å². The predicted octanol–water partition coefficient (Wildman–Crippen LogP) is 3.15. The molecule has 1 aliphatic carbocycles. The van der Waals surface area contributed by atoms with Gasteiger partial charge in [-0.3, -0.25) is 5.01 Å². The molecular weight excluding hydrogens is 222 g/mol. The highest BCUT2D eigenvalue weighted by Gasteiger charge is 2.35. The Morgan fingerprint density at radius 3 is 2.89 bits per heavy atom. The topological polar surface area (TPSA) is 18.8 Å². The van der Waals surface area contributed by atoms with Crippen LogP contribution in [0.4, 0.5) is 0 Å². The van der Waals surface area contributed by atoms with Crippen molar-refractivity contribution in [2.75, 3.05) is 13.2 Å². The van der Waals surface area contributed by atoms with Gasteiger partial charge in [-0.25, -0.2) is 0 Å². The molecule has 0 spiro atoms. The molecule has 0 saturated heterocycles.